The second-order valence-electron chi connectivity index (χ2n) is 8.99. The van der Waals surface area contributed by atoms with Crippen molar-refractivity contribution < 1.29 is 0 Å². The predicted molar refractivity (Wildman–Crippen MR) is 134 cm³/mol. The molecule has 0 bridgehead atoms. The summed E-state index contributed by atoms with van der Waals surface area (Å²) in [6.45, 7) is 7.81. The Morgan fingerprint density at radius 3 is 0.724 bits per heavy atom. The summed E-state index contributed by atoms with van der Waals surface area (Å²) < 4.78 is 0. The fourth-order valence-corrected chi connectivity index (χ4v) is 3.96. The highest BCUT2D eigenvalue weighted by Gasteiger charge is 1.94. The Morgan fingerprint density at radius 1 is 0.276 bits per heavy atom. The van der Waals surface area contributed by atoms with Crippen molar-refractivity contribution in [1.82, 2.24) is 0 Å². The van der Waals surface area contributed by atoms with Crippen LogP contribution in [0.3, 0.4) is 0 Å². The maximum atomic E-state index is 3.91. The first kappa shape index (κ1) is 28.6. The first-order valence-corrected chi connectivity index (χ1v) is 13.5. The van der Waals surface area contributed by atoms with E-state index in [0.717, 1.165) is 25.7 Å². The van der Waals surface area contributed by atoms with Crippen LogP contribution in [0.5, 0.6) is 0 Å². The predicted octanol–water partition coefficient (Wildman–Crippen LogP) is 10.4. The van der Waals surface area contributed by atoms with Gasteiger partial charge in [-0.1, -0.05) is 149 Å². The smallest absolute Gasteiger partial charge is 0.00886 e. The molecule has 0 fully saturated rings. The molecule has 0 aliphatic heterocycles. The lowest BCUT2D eigenvalue weighted by Gasteiger charge is -2.02. The van der Waals surface area contributed by atoms with Gasteiger partial charge in [-0.15, -0.1) is 11.8 Å². The van der Waals surface area contributed by atoms with E-state index in [1.165, 1.54) is 135 Å². The van der Waals surface area contributed by atoms with Gasteiger partial charge in [-0.05, 0) is 12.8 Å². The number of rotatable bonds is 23. The lowest BCUT2D eigenvalue weighted by atomic mass is 10.0. The molecule has 0 atom stereocenters. The highest BCUT2D eigenvalue weighted by atomic mass is 14.0. The zero-order valence-corrected chi connectivity index (χ0v) is 20.1. The summed E-state index contributed by atoms with van der Waals surface area (Å²) in [4.78, 5) is 0. The van der Waals surface area contributed by atoms with Crippen LogP contribution < -0.4 is 0 Å². The molecule has 0 N–H and O–H groups in total. The van der Waals surface area contributed by atoms with E-state index >= 15 is 0 Å². The highest BCUT2D eigenvalue weighted by molar-refractivity contribution is 4.98. The van der Waals surface area contributed by atoms with Gasteiger partial charge >= 0.3 is 0 Å². The van der Waals surface area contributed by atoms with E-state index in [9.17, 15) is 0 Å². The molecule has 0 nitrogen and oxygen atoms in total. The van der Waals surface area contributed by atoms with E-state index in [4.69, 9.17) is 0 Å². The van der Waals surface area contributed by atoms with Crippen LogP contribution in [0.1, 0.15) is 161 Å². The van der Waals surface area contributed by atoms with E-state index in [1.807, 2.05) is 0 Å². The van der Waals surface area contributed by atoms with Crippen LogP contribution in [0.4, 0.5) is 0 Å². The second-order valence-corrected chi connectivity index (χ2v) is 8.99. The third kappa shape index (κ3) is 27.6. The van der Waals surface area contributed by atoms with Gasteiger partial charge in [0.1, 0.15) is 0 Å². The van der Waals surface area contributed by atoms with Crippen molar-refractivity contribution in [2.24, 2.45) is 0 Å². The van der Waals surface area contributed by atoms with Crippen molar-refractivity contribution in [1.29, 1.82) is 0 Å². The summed E-state index contributed by atoms with van der Waals surface area (Å²) in [5.41, 5.74) is 0. The Bertz CT molecular complexity index is 332. The van der Waals surface area contributed by atoms with Crippen LogP contribution in [0.15, 0.2) is 0 Å². The summed E-state index contributed by atoms with van der Waals surface area (Å²) in [5.74, 6) is 6.79. The maximum Gasteiger partial charge on any atom is 0.00886 e. The van der Waals surface area contributed by atoms with Crippen molar-refractivity contribution in [3.05, 3.63) is 13.8 Å². The minimum absolute atomic E-state index is 1.11. The zero-order chi connectivity index (χ0) is 21.1. The van der Waals surface area contributed by atoms with Crippen molar-refractivity contribution in [3.8, 4) is 11.8 Å². The van der Waals surface area contributed by atoms with Crippen molar-refractivity contribution >= 4 is 0 Å². The monoisotopic (exact) mass is 402 g/mol. The molecule has 0 aromatic rings. The van der Waals surface area contributed by atoms with Crippen molar-refractivity contribution in [2.75, 3.05) is 0 Å². The molecule has 0 aliphatic carbocycles. The van der Waals surface area contributed by atoms with Crippen molar-refractivity contribution in [3.63, 3.8) is 0 Å². The molecule has 0 heterocycles. The third-order valence-electron chi connectivity index (χ3n) is 5.98. The first-order chi connectivity index (χ1) is 14.4. The van der Waals surface area contributed by atoms with Gasteiger partial charge in [0.2, 0.25) is 0 Å². The standard InChI is InChI=1S/C29H54/c1-3-5-7-9-11-13-15-17-19-21-23-25-27-29-28-26-24-22-20-18-16-14-12-10-8-6-4-2/h1-27H2. The number of hydrogen-bond donors (Lipinski definition) is 0. The molecule has 0 saturated heterocycles. The normalized spacial score (nSPS) is 10.8. The van der Waals surface area contributed by atoms with Gasteiger partial charge in [0.25, 0.3) is 0 Å². The van der Waals surface area contributed by atoms with Crippen LogP contribution >= 0.6 is 0 Å². The van der Waals surface area contributed by atoms with Gasteiger partial charge in [0, 0.05) is 12.8 Å². The summed E-state index contributed by atoms with van der Waals surface area (Å²) in [6, 6.07) is 0. The van der Waals surface area contributed by atoms with Crippen LogP contribution in [-0.4, -0.2) is 0 Å². The molecule has 0 aromatic heterocycles. The zero-order valence-electron chi connectivity index (χ0n) is 20.1. The lowest BCUT2D eigenvalue weighted by Crippen LogP contribution is -1.82. The quantitative estimate of drug-likeness (QED) is 0.118. The van der Waals surface area contributed by atoms with Gasteiger partial charge in [-0.2, -0.15) is 0 Å². The Labute approximate surface area is 186 Å². The van der Waals surface area contributed by atoms with Crippen molar-refractivity contribution in [2.45, 2.75) is 161 Å². The molecular weight excluding hydrogens is 348 g/mol. The second kappa shape index (κ2) is 27.6. The Balaban J connectivity index is 3.08. The fraction of sp³-hybridized carbons (Fsp3) is 0.862. The fourth-order valence-electron chi connectivity index (χ4n) is 3.96. The van der Waals surface area contributed by atoms with E-state index in [0.29, 0.717) is 0 Å². The van der Waals surface area contributed by atoms with Crippen LogP contribution in [0.2, 0.25) is 0 Å². The minimum atomic E-state index is 1.11. The van der Waals surface area contributed by atoms with Crippen LogP contribution in [-0.2, 0) is 0 Å². The van der Waals surface area contributed by atoms with Gasteiger partial charge < -0.3 is 0 Å². The molecule has 0 heteroatoms. The summed E-state index contributed by atoms with van der Waals surface area (Å²) >= 11 is 0. The third-order valence-corrected chi connectivity index (χ3v) is 5.98. The minimum Gasteiger partial charge on any atom is -0.103 e. The molecule has 2 radical (unpaired) electrons. The topological polar surface area (TPSA) is 0 Å². The highest BCUT2D eigenvalue weighted by Crippen LogP contribution is 2.13. The van der Waals surface area contributed by atoms with E-state index in [-0.39, 0.29) is 0 Å². The average molecular weight is 403 g/mol. The largest absolute Gasteiger partial charge is 0.103 e. The number of unbranched alkanes of at least 4 members (excludes halogenated alkanes) is 23. The number of hydrogen-bond acceptors (Lipinski definition) is 0. The maximum absolute atomic E-state index is 3.91. The molecule has 0 saturated carbocycles. The Morgan fingerprint density at radius 2 is 0.483 bits per heavy atom. The average Bonchev–Trinajstić information content (AvgIpc) is 2.74. The van der Waals surface area contributed by atoms with Crippen LogP contribution in [0, 0.1) is 25.7 Å². The summed E-state index contributed by atoms with van der Waals surface area (Å²) in [6.07, 6.45) is 33.9. The lowest BCUT2D eigenvalue weighted by molar-refractivity contribution is 0.547. The van der Waals surface area contributed by atoms with E-state index in [1.54, 1.807) is 0 Å². The van der Waals surface area contributed by atoms with Gasteiger partial charge in [-0.25, -0.2) is 0 Å². The van der Waals surface area contributed by atoms with Gasteiger partial charge in [0.05, 0.1) is 0 Å². The molecule has 0 rings (SSSR count). The molecular formula is C29H54. The Hall–Kier alpha value is -0.440. The molecule has 29 heavy (non-hydrogen) atoms. The van der Waals surface area contributed by atoms with Gasteiger partial charge in [-0.3, -0.25) is 0 Å². The molecule has 0 aromatic carbocycles. The molecule has 0 unspecified atom stereocenters. The summed E-state index contributed by atoms with van der Waals surface area (Å²) in [5, 5.41) is 0. The summed E-state index contributed by atoms with van der Waals surface area (Å²) in [7, 11) is 0. The first-order valence-electron chi connectivity index (χ1n) is 13.5. The van der Waals surface area contributed by atoms with Gasteiger partial charge in [0.15, 0.2) is 0 Å². The molecule has 170 valence electrons. The van der Waals surface area contributed by atoms with Crippen LogP contribution in [0.25, 0.3) is 0 Å². The Kier molecular flexibility index (Phi) is 27.1. The molecule has 0 amide bonds. The van der Waals surface area contributed by atoms with E-state index in [2.05, 4.69) is 25.7 Å². The van der Waals surface area contributed by atoms with E-state index < -0.39 is 0 Å². The molecule has 0 aliphatic rings. The molecule has 0 spiro atoms. The SMILES string of the molecule is [CH2]CCCCCCCCCCCCC#CCCCCCCCCCCCCC[CH2].